The van der Waals surface area contributed by atoms with Crippen molar-refractivity contribution in [3.63, 3.8) is 0 Å². The minimum Gasteiger partial charge on any atom is -0.384 e. The molecule has 1 aliphatic carbocycles. The van der Waals surface area contributed by atoms with Gasteiger partial charge in [0.15, 0.2) is 0 Å². The molecule has 0 bridgehead atoms. The van der Waals surface area contributed by atoms with E-state index in [4.69, 9.17) is 10.5 Å². The Balaban J connectivity index is 1.89. The molecule has 2 rings (SSSR count). The Morgan fingerprint density at radius 2 is 1.86 bits per heavy atom. The highest BCUT2D eigenvalue weighted by Gasteiger charge is 2.40. The van der Waals surface area contributed by atoms with E-state index in [-0.39, 0.29) is 23.8 Å². The van der Waals surface area contributed by atoms with E-state index in [0.717, 1.165) is 51.6 Å². The Morgan fingerprint density at radius 1 is 1.24 bits per heavy atom. The second-order valence-electron chi connectivity index (χ2n) is 6.39. The number of ether oxygens (including phenoxy) is 1. The van der Waals surface area contributed by atoms with Gasteiger partial charge >= 0.3 is 0 Å². The first-order valence-corrected chi connectivity index (χ1v) is 7.87. The van der Waals surface area contributed by atoms with E-state index in [1.807, 2.05) is 0 Å². The Kier molecular flexibility index (Phi) is 5.58. The van der Waals surface area contributed by atoms with Crippen molar-refractivity contribution < 1.29 is 14.3 Å². The molecule has 6 heteroatoms. The number of nitrogens with one attached hydrogen (secondary N) is 2. The van der Waals surface area contributed by atoms with Crippen LogP contribution in [0.2, 0.25) is 0 Å². The van der Waals surface area contributed by atoms with Crippen molar-refractivity contribution in [3.05, 3.63) is 0 Å². The molecular weight excluding hydrogens is 270 g/mol. The predicted molar refractivity (Wildman–Crippen MR) is 79.5 cm³/mol. The van der Waals surface area contributed by atoms with E-state index in [2.05, 4.69) is 10.6 Å². The fourth-order valence-corrected chi connectivity index (χ4v) is 3.48. The van der Waals surface area contributed by atoms with E-state index in [9.17, 15) is 9.59 Å². The Bertz CT molecular complexity index is 367. The number of nitrogens with two attached hydrogens (primary N) is 1. The van der Waals surface area contributed by atoms with E-state index >= 15 is 0 Å². The van der Waals surface area contributed by atoms with E-state index in [1.54, 1.807) is 7.11 Å². The third kappa shape index (κ3) is 3.95. The molecule has 1 heterocycles. The molecule has 2 aliphatic rings. The molecule has 1 aliphatic heterocycles. The van der Waals surface area contributed by atoms with Crippen LogP contribution in [-0.2, 0) is 14.3 Å². The largest absolute Gasteiger partial charge is 0.384 e. The van der Waals surface area contributed by atoms with Crippen LogP contribution in [0, 0.1) is 11.3 Å². The van der Waals surface area contributed by atoms with Gasteiger partial charge in [-0.2, -0.15) is 0 Å². The van der Waals surface area contributed by atoms with Crippen LogP contribution in [-0.4, -0.2) is 44.7 Å². The molecule has 21 heavy (non-hydrogen) atoms. The van der Waals surface area contributed by atoms with Crippen LogP contribution in [0.15, 0.2) is 0 Å². The maximum Gasteiger partial charge on any atom is 0.228 e. The number of methoxy groups -OCH3 is 1. The number of amides is 2. The number of carbonyl (C=O) groups is 2. The van der Waals surface area contributed by atoms with Crippen LogP contribution >= 0.6 is 0 Å². The van der Waals surface area contributed by atoms with Crippen LogP contribution in [0.1, 0.15) is 38.5 Å². The Labute approximate surface area is 126 Å². The molecule has 0 aromatic heterocycles. The molecular formula is C15H27N3O3. The first-order chi connectivity index (χ1) is 10.1. The summed E-state index contributed by atoms with van der Waals surface area (Å²) in [6, 6.07) is 0.164. The molecule has 120 valence electrons. The van der Waals surface area contributed by atoms with Crippen molar-refractivity contribution in [3.8, 4) is 0 Å². The maximum atomic E-state index is 12.7. The van der Waals surface area contributed by atoms with Gasteiger partial charge in [0.2, 0.25) is 11.8 Å². The van der Waals surface area contributed by atoms with Crippen molar-refractivity contribution in [2.75, 3.05) is 26.8 Å². The summed E-state index contributed by atoms with van der Waals surface area (Å²) >= 11 is 0. The zero-order valence-electron chi connectivity index (χ0n) is 12.8. The minimum atomic E-state index is -0.402. The monoisotopic (exact) mass is 297 g/mol. The average Bonchev–Trinajstić information content (AvgIpc) is 2.49. The van der Waals surface area contributed by atoms with Crippen molar-refractivity contribution in [1.82, 2.24) is 10.6 Å². The van der Waals surface area contributed by atoms with Gasteiger partial charge in [-0.3, -0.25) is 9.59 Å². The van der Waals surface area contributed by atoms with Crippen LogP contribution in [0.5, 0.6) is 0 Å². The number of primary amides is 1. The lowest BCUT2D eigenvalue weighted by atomic mass is 9.78. The Morgan fingerprint density at radius 3 is 2.38 bits per heavy atom. The summed E-state index contributed by atoms with van der Waals surface area (Å²) < 4.78 is 5.29. The van der Waals surface area contributed by atoms with E-state index in [1.165, 1.54) is 0 Å². The fraction of sp³-hybridized carbons (Fsp3) is 0.867. The normalized spacial score (nSPS) is 28.8. The fourth-order valence-electron chi connectivity index (χ4n) is 3.48. The van der Waals surface area contributed by atoms with Gasteiger partial charge in [-0.25, -0.2) is 0 Å². The molecule has 2 fully saturated rings. The Hall–Kier alpha value is -1.14. The lowest BCUT2D eigenvalue weighted by Gasteiger charge is -2.37. The standard InChI is InChI=1S/C15H27N3O3/c1-21-10-15(6-8-17-9-7-15)14(20)18-12-4-2-11(3-5-12)13(16)19/h11-12,17H,2-10H2,1H3,(H2,16,19)(H,18,20). The van der Waals surface area contributed by atoms with Gasteiger partial charge in [0, 0.05) is 19.1 Å². The maximum absolute atomic E-state index is 12.7. The summed E-state index contributed by atoms with van der Waals surface area (Å²) in [6.07, 6.45) is 4.84. The highest BCUT2D eigenvalue weighted by atomic mass is 16.5. The molecule has 1 saturated heterocycles. The average molecular weight is 297 g/mol. The van der Waals surface area contributed by atoms with Crippen LogP contribution in [0.25, 0.3) is 0 Å². The SMILES string of the molecule is COCC1(C(=O)NC2CCC(C(N)=O)CC2)CCNCC1. The lowest BCUT2D eigenvalue weighted by Crippen LogP contribution is -2.53. The lowest BCUT2D eigenvalue weighted by molar-refractivity contribution is -0.137. The summed E-state index contributed by atoms with van der Waals surface area (Å²) in [5.74, 6) is -0.132. The predicted octanol–water partition coefficient (Wildman–Crippen LogP) is 0.163. The smallest absolute Gasteiger partial charge is 0.228 e. The molecule has 0 radical (unpaired) electrons. The number of carbonyl (C=O) groups excluding carboxylic acids is 2. The molecule has 0 aromatic carbocycles. The van der Waals surface area contributed by atoms with Crippen LogP contribution < -0.4 is 16.4 Å². The van der Waals surface area contributed by atoms with Gasteiger partial charge in [-0.05, 0) is 51.6 Å². The molecule has 4 N–H and O–H groups in total. The third-order valence-electron chi connectivity index (χ3n) is 4.93. The first-order valence-electron chi connectivity index (χ1n) is 7.87. The van der Waals surface area contributed by atoms with E-state index in [0.29, 0.717) is 6.61 Å². The number of rotatable bonds is 5. The van der Waals surface area contributed by atoms with Crippen molar-refractivity contribution in [2.45, 2.75) is 44.6 Å². The zero-order valence-corrected chi connectivity index (χ0v) is 12.8. The quantitative estimate of drug-likeness (QED) is 0.674. The van der Waals surface area contributed by atoms with Crippen molar-refractivity contribution >= 4 is 11.8 Å². The molecule has 0 atom stereocenters. The highest BCUT2D eigenvalue weighted by Crippen LogP contribution is 2.31. The molecule has 0 aromatic rings. The zero-order chi connectivity index (χ0) is 15.3. The van der Waals surface area contributed by atoms with Crippen molar-refractivity contribution in [1.29, 1.82) is 0 Å². The minimum absolute atomic E-state index is 0.0232. The van der Waals surface area contributed by atoms with Crippen LogP contribution in [0.4, 0.5) is 0 Å². The summed E-state index contributed by atoms with van der Waals surface area (Å²) in [5, 5.41) is 6.46. The highest BCUT2D eigenvalue weighted by molar-refractivity contribution is 5.83. The molecule has 6 nitrogen and oxygen atoms in total. The second kappa shape index (κ2) is 7.22. The van der Waals surface area contributed by atoms with Crippen LogP contribution in [0.3, 0.4) is 0 Å². The van der Waals surface area contributed by atoms with Gasteiger partial charge < -0.3 is 21.1 Å². The van der Waals surface area contributed by atoms with Crippen molar-refractivity contribution in [2.24, 2.45) is 17.1 Å². The topological polar surface area (TPSA) is 93.4 Å². The summed E-state index contributed by atoms with van der Waals surface area (Å²) in [7, 11) is 1.65. The number of piperidine rings is 1. The second-order valence-corrected chi connectivity index (χ2v) is 6.39. The molecule has 2 amide bonds. The number of hydrogen-bond donors (Lipinski definition) is 3. The van der Waals surface area contributed by atoms with Gasteiger partial charge in [0.05, 0.1) is 12.0 Å². The summed E-state index contributed by atoms with van der Waals surface area (Å²) in [6.45, 7) is 2.17. The van der Waals surface area contributed by atoms with Gasteiger partial charge in [0.25, 0.3) is 0 Å². The summed E-state index contributed by atoms with van der Waals surface area (Å²) in [4.78, 5) is 23.9. The van der Waals surface area contributed by atoms with Gasteiger partial charge in [-0.1, -0.05) is 0 Å². The van der Waals surface area contributed by atoms with E-state index < -0.39 is 5.41 Å². The molecule has 1 saturated carbocycles. The third-order valence-corrected chi connectivity index (χ3v) is 4.93. The number of hydrogen-bond acceptors (Lipinski definition) is 4. The summed E-state index contributed by atoms with van der Waals surface area (Å²) in [5.41, 5.74) is 4.94. The molecule has 0 unspecified atom stereocenters. The van der Waals surface area contributed by atoms with Gasteiger partial charge in [0.1, 0.15) is 0 Å². The van der Waals surface area contributed by atoms with Gasteiger partial charge in [-0.15, -0.1) is 0 Å². The first kappa shape index (κ1) is 16.2. The molecule has 0 spiro atoms.